The average Bonchev–Trinajstić information content (AvgIpc) is 2.35. The van der Waals surface area contributed by atoms with Crippen LogP contribution in [0.4, 0.5) is 0 Å². The molecule has 2 heteroatoms. The summed E-state index contributed by atoms with van der Waals surface area (Å²) in [6.45, 7) is 1.93. The minimum absolute atomic E-state index is 0.190. The number of nitrogens with zero attached hydrogens (tertiary/aromatic N) is 2. The minimum atomic E-state index is 0.190. The summed E-state index contributed by atoms with van der Waals surface area (Å²) in [7, 11) is 0. The molecule has 2 nitrogen and oxygen atoms in total. The van der Waals surface area contributed by atoms with Crippen LogP contribution in [0.3, 0.4) is 0 Å². The van der Waals surface area contributed by atoms with Gasteiger partial charge in [0.1, 0.15) is 17.7 Å². The quantitative estimate of drug-likeness (QED) is 0.564. The van der Waals surface area contributed by atoms with Crippen molar-refractivity contribution in [3.8, 4) is 12.1 Å². The highest BCUT2D eigenvalue weighted by molar-refractivity contribution is 5.56. The third-order valence-corrected chi connectivity index (χ3v) is 2.20. The van der Waals surface area contributed by atoms with Gasteiger partial charge in [-0.1, -0.05) is 49.4 Å². The molecule has 0 aliphatic heterocycles. The van der Waals surface area contributed by atoms with E-state index in [9.17, 15) is 0 Å². The second-order valence-corrected chi connectivity index (χ2v) is 3.22. The first kappa shape index (κ1) is 11.8. The summed E-state index contributed by atoms with van der Waals surface area (Å²) in [4.78, 5) is 0. The van der Waals surface area contributed by atoms with Crippen molar-refractivity contribution >= 4 is 6.08 Å². The van der Waals surface area contributed by atoms with Crippen LogP contribution in [0.5, 0.6) is 0 Å². The first-order chi connectivity index (χ1) is 7.81. The molecule has 0 saturated carbocycles. The van der Waals surface area contributed by atoms with E-state index in [0.717, 1.165) is 11.1 Å². The SMILES string of the molecule is CCC(/C=C/c1ccccc1)=C(C#N)C#N. The fraction of sp³-hybridized carbons (Fsp3) is 0.143. The summed E-state index contributed by atoms with van der Waals surface area (Å²) in [6.07, 6.45) is 4.42. The van der Waals surface area contributed by atoms with Gasteiger partial charge in [0, 0.05) is 0 Å². The van der Waals surface area contributed by atoms with E-state index in [4.69, 9.17) is 10.5 Å². The highest BCUT2D eigenvalue weighted by atomic mass is 14.3. The van der Waals surface area contributed by atoms with Crippen molar-refractivity contribution in [3.05, 3.63) is 53.1 Å². The highest BCUT2D eigenvalue weighted by Gasteiger charge is 1.99. The third-order valence-electron chi connectivity index (χ3n) is 2.20. The normalized spacial score (nSPS) is 9.44. The van der Waals surface area contributed by atoms with Crippen molar-refractivity contribution in [1.29, 1.82) is 10.5 Å². The monoisotopic (exact) mass is 208 g/mol. The maximum absolute atomic E-state index is 8.76. The predicted molar refractivity (Wildman–Crippen MR) is 64.0 cm³/mol. The molecular weight excluding hydrogens is 196 g/mol. The van der Waals surface area contributed by atoms with Crippen molar-refractivity contribution in [3.63, 3.8) is 0 Å². The molecule has 0 atom stereocenters. The molecule has 0 unspecified atom stereocenters. The van der Waals surface area contributed by atoms with E-state index in [0.29, 0.717) is 6.42 Å². The Morgan fingerprint density at radius 3 is 2.31 bits per heavy atom. The van der Waals surface area contributed by atoms with E-state index in [1.807, 2.05) is 61.5 Å². The van der Waals surface area contributed by atoms with Crippen LogP contribution >= 0.6 is 0 Å². The highest BCUT2D eigenvalue weighted by Crippen LogP contribution is 2.12. The molecule has 0 N–H and O–H groups in total. The molecule has 1 rings (SSSR count). The Morgan fingerprint density at radius 2 is 1.81 bits per heavy atom. The van der Waals surface area contributed by atoms with Gasteiger partial charge in [0.15, 0.2) is 0 Å². The molecule has 0 aromatic heterocycles. The van der Waals surface area contributed by atoms with Crippen molar-refractivity contribution in [1.82, 2.24) is 0 Å². The molecule has 78 valence electrons. The summed E-state index contributed by atoms with van der Waals surface area (Å²) >= 11 is 0. The number of rotatable bonds is 3. The second kappa shape index (κ2) is 6.22. The van der Waals surface area contributed by atoms with E-state index in [1.165, 1.54) is 0 Å². The number of nitriles is 2. The molecule has 0 aliphatic rings. The standard InChI is InChI=1S/C14H12N2/c1-2-13(14(10-15)11-16)9-8-12-6-4-3-5-7-12/h3-9H,2H2,1H3/b9-8+. The van der Waals surface area contributed by atoms with Crippen LogP contribution in [0.15, 0.2) is 47.6 Å². The lowest BCUT2D eigenvalue weighted by atomic mass is 10.1. The van der Waals surface area contributed by atoms with Crippen molar-refractivity contribution < 1.29 is 0 Å². The topological polar surface area (TPSA) is 47.6 Å². The first-order valence-electron chi connectivity index (χ1n) is 5.08. The van der Waals surface area contributed by atoms with Gasteiger partial charge >= 0.3 is 0 Å². The van der Waals surface area contributed by atoms with E-state index in [1.54, 1.807) is 0 Å². The molecule has 0 radical (unpaired) electrons. The van der Waals surface area contributed by atoms with Crippen molar-refractivity contribution in [2.24, 2.45) is 0 Å². The van der Waals surface area contributed by atoms with Gasteiger partial charge in [0.2, 0.25) is 0 Å². The summed E-state index contributed by atoms with van der Waals surface area (Å²) in [5, 5.41) is 17.5. The van der Waals surface area contributed by atoms with E-state index in [-0.39, 0.29) is 5.57 Å². The lowest BCUT2D eigenvalue weighted by Crippen LogP contribution is -1.83. The van der Waals surface area contributed by atoms with Crippen LogP contribution in [-0.4, -0.2) is 0 Å². The Morgan fingerprint density at radius 1 is 1.19 bits per heavy atom. The van der Waals surface area contributed by atoms with Gasteiger partial charge in [0.05, 0.1) is 0 Å². The third kappa shape index (κ3) is 3.12. The molecule has 0 spiro atoms. The molecule has 0 bridgehead atoms. The molecule has 16 heavy (non-hydrogen) atoms. The lowest BCUT2D eigenvalue weighted by molar-refractivity contribution is 1.14. The molecule has 1 aromatic carbocycles. The zero-order chi connectivity index (χ0) is 11.8. The van der Waals surface area contributed by atoms with Gasteiger partial charge in [0.25, 0.3) is 0 Å². The van der Waals surface area contributed by atoms with Gasteiger partial charge in [-0.2, -0.15) is 10.5 Å². The van der Waals surface area contributed by atoms with E-state index >= 15 is 0 Å². The van der Waals surface area contributed by atoms with Crippen LogP contribution in [0.1, 0.15) is 18.9 Å². The lowest BCUT2D eigenvalue weighted by Gasteiger charge is -1.96. The fourth-order valence-corrected chi connectivity index (χ4v) is 1.31. The summed E-state index contributed by atoms with van der Waals surface area (Å²) in [5.41, 5.74) is 2.02. The maximum Gasteiger partial charge on any atom is 0.132 e. The second-order valence-electron chi connectivity index (χ2n) is 3.22. The van der Waals surface area contributed by atoms with E-state index < -0.39 is 0 Å². The van der Waals surface area contributed by atoms with Gasteiger partial charge in [-0.15, -0.1) is 0 Å². The number of allylic oxidation sites excluding steroid dienone is 3. The Hall–Kier alpha value is -2.32. The first-order valence-corrected chi connectivity index (χ1v) is 5.08. The van der Waals surface area contributed by atoms with Gasteiger partial charge in [-0.05, 0) is 17.6 Å². The Bertz CT molecular complexity index is 466. The van der Waals surface area contributed by atoms with Crippen LogP contribution < -0.4 is 0 Å². The number of benzene rings is 1. The molecule has 0 fully saturated rings. The maximum atomic E-state index is 8.76. The summed E-state index contributed by atoms with van der Waals surface area (Å²) in [6, 6.07) is 13.6. The zero-order valence-electron chi connectivity index (χ0n) is 9.14. The van der Waals surface area contributed by atoms with Gasteiger partial charge in [-0.25, -0.2) is 0 Å². The van der Waals surface area contributed by atoms with Gasteiger partial charge in [-0.3, -0.25) is 0 Å². The zero-order valence-corrected chi connectivity index (χ0v) is 9.14. The molecule has 0 aliphatic carbocycles. The molecule has 0 saturated heterocycles. The Kier molecular flexibility index (Phi) is 4.57. The molecule has 0 amide bonds. The fourth-order valence-electron chi connectivity index (χ4n) is 1.31. The van der Waals surface area contributed by atoms with Crippen LogP contribution in [0.25, 0.3) is 6.08 Å². The number of hydrogen-bond donors (Lipinski definition) is 0. The number of hydrogen-bond acceptors (Lipinski definition) is 2. The van der Waals surface area contributed by atoms with Crippen molar-refractivity contribution in [2.45, 2.75) is 13.3 Å². The summed E-state index contributed by atoms with van der Waals surface area (Å²) in [5.74, 6) is 0. The molecular formula is C14H12N2. The predicted octanol–water partition coefficient (Wildman–Crippen LogP) is 3.45. The molecule has 0 heterocycles. The largest absolute Gasteiger partial charge is 0.192 e. The van der Waals surface area contributed by atoms with Crippen molar-refractivity contribution in [2.75, 3.05) is 0 Å². The van der Waals surface area contributed by atoms with Gasteiger partial charge < -0.3 is 0 Å². The molecule has 1 aromatic rings. The van der Waals surface area contributed by atoms with E-state index in [2.05, 4.69) is 0 Å². The smallest absolute Gasteiger partial charge is 0.132 e. The van der Waals surface area contributed by atoms with Crippen LogP contribution in [0.2, 0.25) is 0 Å². The Balaban J connectivity index is 2.97. The average molecular weight is 208 g/mol. The summed E-state index contributed by atoms with van der Waals surface area (Å²) < 4.78 is 0. The van der Waals surface area contributed by atoms with Crippen LogP contribution in [0, 0.1) is 22.7 Å². The van der Waals surface area contributed by atoms with Crippen LogP contribution in [-0.2, 0) is 0 Å². The Labute approximate surface area is 95.8 Å². The minimum Gasteiger partial charge on any atom is -0.192 e.